The van der Waals surface area contributed by atoms with Crippen LogP contribution in [0.5, 0.6) is 5.75 Å². The third-order valence-electron chi connectivity index (χ3n) is 1.16. The summed E-state index contributed by atoms with van der Waals surface area (Å²) in [6, 6.07) is 3.56. The SMILES string of the molecule is N#CCc1ccncc1O. The van der Waals surface area contributed by atoms with Crippen LogP contribution in [0.15, 0.2) is 18.5 Å². The number of aromatic nitrogens is 1. The molecular formula is C7H6N2O. The second-order valence-corrected chi connectivity index (χ2v) is 1.84. The molecule has 0 atom stereocenters. The molecule has 0 saturated carbocycles. The summed E-state index contributed by atoms with van der Waals surface area (Å²) >= 11 is 0. The van der Waals surface area contributed by atoms with E-state index in [-0.39, 0.29) is 12.2 Å². The summed E-state index contributed by atoms with van der Waals surface area (Å²) in [6.07, 6.45) is 3.10. The van der Waals surface area contributed by atoms with Gasteiger partial charge in [0.2, 0.25) is 0 Å². The third kappa shape index (κ3) is 1.23. The molecular weight excluding hydrogens is 128 g/mol. The molecule has 0 aliphatic carbocycles. The molecule has 0 radical (unpaired) electrons. The fourth-order valence-corrected chi connectivity index (χ4v) is 0.650. The van der Waals surface area contributed by atoms with Crippen molar-refractivity contribution in [3.05, 3.63) is 24.0 Å². The van der Waals surface area contributed by atoms with E-state index in [0.717, 1.165) is 0 Å². The van der Waals surface area contributed by atoms with Crippen molar-refractivity contribution in [1.82, 2.24) is 4.98 Å². The zero-order valence-corrected chi connectivity index (χ0v) is 5.28. The van der Waals surface area contributed by atoms with E-state index >= 15 is 0 Å². The van der Waals surface area contributed by atoms with Crippen LogP contribution in [-0.4, -0.2) is 10.1 Å². The van der Waals surface area contributed by atoms with Gasteiger partial charge in [0.05, 0.1) is 18.7 Å². The zero-order chi connectivity index (χ0) is 7.40. The zero-order valence-electron chi connectivity index (χ0n) is 5.28. The van der Waals surface area contributed by atoms with Gasteiger partial charge in [-0.3, -0.25) is 4.98 Å². The predicted octanol–water partition coefficient (Wildman–Crippen LogP) is 0.853. The van der Waals surface area contributed by atoms with Crippen molar-refractivity contribution in [1.29, 1.82) is 5.26 Å². The smallest absolute Gasteiger partial charge is 0.138 e. The normalized spacial score (nSPS) is 8.70. The Labute approximate surface area is 58.6 Å². The molecule has 0 fully saturated rings. The van der Waals surface area contributed by atoms with Crippen molar-refractivity contribution in [3.63, 3.8) is 0 Å². The van der Waals surface area contributed by atoms with Gasteiger partial charge in [-0.1, -0.05) is 0 Å². The van der Waals surface area contributed by atoms with Gasteiger partial charge in [-0.25, -0.2) is 0 Å². The lowest BCUT2D eigenvalue weighted by atomic mass is 10.2. The van der Waals surface area contributed by atoms with Crippen LogP contribution in [0.25, 0.3) is 0 Å². The minimum atomic E-state index is 0.0871. The van der Waals surface area contributed by atoms with E-state index in [1.54, 1.807) is 12.3 Å². The van der Waals surface area contributed by atoms with Crippen molar-refractivity contribution in [3.8, 4) is 11.8 Å². The first-order valence-electron chi connectivity index (χ1n) is 2.83. The lowest BCUT2D eigenvalue weighted by Crippen LogP contribution is -1.82. The molecule has 1 heterocycles. The van der Waals surface area contributed by atoms with Crippen molar-refractivity contribution in [2.24, 2.45) is 0 Å². The molecule has 3 nitrogen and oxygen atoms in total. The quantitative estimate of drug-likeness (QED) is 0.619. The maximum Gasteiger partial charge on any atom is 0.138 e. The predicted molar refractivity (Wildman–Crippen MR) is 35.2 cm³/mol. The van der Waals surface area contributed by atoms with E-state index in [0.29, 0.717) is 5.56 Å². The summed E-state index contributed by atoms with van der Waals surface area (Å²) in [5.74, 6) is 0.0871. The topological polar surface area (TPSA) is 56.9 Å². The Balaban J connectivity index is 2.94. The number of aromatic hydroxyl groups is 1. The highest BCUT2D eigenvalue weighted by Gasteiger charge is 1.96. The summed E-state index contributed by atoms with van der Waals surface area (Å²) in [5.41, 5.74) is 0.623. The van der Waals surface area contributed by atoms with Crippen molar-refractivity contribution in [2.45, 2.75) is 6.42 Å². The summed E-state index contributed by atoms with van der Waals surface area (Å²) in [7, 11) is 0. The van der Waals surface area contributed by atoms with Gasteiger partial charge in [-0.15, -0.1) is 0 Å². The molecule has 1 aromatic heterocycles. The van der Waals surface area contributed by atoms with E-state index in [4.69, 9.17) is 10.4 Å². The van der Waals surface area contributed by atoms with Gasteiger partial charge in [0.25, 0.3) is 0 Å². The molecule has 0 aliphatic rings. The van der Waals surface area contributed by atoms with Gasteiger partial charge in [0, 0.05) is 11.8 Å². The molecule has 0 aliphatic heterocycles. The summed E-state index contributed by atoms with van der Waals surface area (Å²) in [5, 5.41) is 17.3. The van der Waals surface area contributed by atoms with Gasteiger partial charge < -0.3 is 5.11 Å². The second-order valence-electron chi connectivity index (χ2n) is 1.84. The molecule has 1 N–H and O–H groups in total. The van der Waals surface area contributed by atoms with Gasteiger partial charge >= 0.3 is 0 Å². The molecule has 1 rings (SSSR count). The maximum absolute atomic E-state index is 9.03. The summed E-state index contributed by atoms with van der Waals surface area (Å²) < 4.78 is 0. The Hall–Kier alpha value is -1.56. The van der Waals surface area contributed by atoms with Crippen molar-refractivity contribution < 1.29 is 5.11 Å². The molecule has 0 amide bonds. The standard InChI is InChI=1S/C7H6N2O/c8-3-1-6-2-4-9-5-7(6)10/h2,4-5,10H,1H2. The summed E-state index contributed by atoms with van der Waals surface area (Å²) in [4.78, 5) is 3.67. The highest BCUT2D eigenvalue weighted by atomic mass is 16.3. The van der Waals surface area contributed by atoms with E-state index in [1.807, 2.05) is 6.07 Å². The lowest BCUT2D eigenvalue weighted by Gasteiger charge is -1.95. The van der Waals surface area contributed by atoms with Crippen LogP contribution in [0.3, 0.4) is 0 Å². The van der Waals surface area contributed by atoms with Gasteiger partial charge in [-0.2, -0.15) is 5.26 Å². The molecule has 1 aromatic rings. The third-order valence-corrected chi connectivity index (χ3v) is 1.16. The minimum Gasteiger partial charge on any atom is -0.506 e. The Morgan fingerprint density at radius 1 is 1.70 bits per heavy atom. The minimum absolute atomic E-state index is 0.0871. The first-order chi connectivity index (χ1) is 4.84. The molecule has 0 spiro atoms. The number of hydrogen-bond donors (Lipinski definition) is 1. The molecule has 0 saturated heterocycles. The molecule has 10 heavy (non-hydrogen) atoms. The molecule has 0 bridgehead atoms. The molecule has 3 heteroatoms. The van der Waals surface area contributed by atoms with E-state index < -0.39 is 0 Å². The van der Waals surface area contributed by atoms with Crippen LogP contribution in [0.4, 0.5) is 0 Å². The number of nitrogens with zero attached hydrogens (tertiary/aromatic N) is 2. The fraction of sp³-hybridized carbons (Fsp3) is 0.143. The van der Waals surface area contributed by atoms with E-state index in [9.17, 15) is 0 Å². The second kappa shape index (κ2) is 2.83. The van der Waals surface area contributed by atoms with Gasteiger partial charge in [-0.05, 0) is 6.07 Å². The number of rotatable bonds is 1. The van der Waals surface area contributed by atoms with Crippen LogP contribution in [0, 0.1) is 11.3 Å². The van der Waals surface area contributed by atoms with Gasteiger partial charge in [0.1, 0.15) is 5.75 Å². The van der Waals surface area contributed by atoms with Crippen LogP contribution in [0.2, 0.25) is 0 Å². The van der Waals surface area contributed by atoms with E-state index in [2.05, 4.69) is 4.98 Å². The monoisotopic (exact) mass is 134 g/mol. The van der Waals surface area contributed by atoms with Crippen LogP contribution in [0.1, 0.15) is 5.56 Å². The average Bonchev–Trinajstić information content (AvgIpc) is 1.94. The Bertz CT molecular complexity index is 265. The highest BCUT2D eigenvalue weighted by molar-refractivity contribution is 5.30. The highest BCUT2D eigenvalue weighted by Crippen LogP contribution is 2.13. The van der Waals surface area contributed by atoms with Gasteiger partial charge in [0.15, 0.2) is 0 Å². The largest absolute Gasteiger partial charge is 0.506 e. The first-order valence-corrected chi connectivity index (χ1v) is 2.83. The van der Waals surface area contributed by atoms with Crippen molar-refractivity contribution >= 4 is 0 Å². The average molecular weight is 134 g/mol. The Morgan fingerprint density at radius 2 is 2.50 bits per heavy atom. The molecule has 0 unspecified atom stereocenters. The van der Waals surface area contributed by atoms with E-state index in [1.165, 1.54) is 6.20 Å². The number of nitriles is 1. The Morgan fingerprint density at radius 3 is 3.10 bits per heavy atom. The maximum atomic E-state index is 9.03. The summed E-state index contributed by atoms with van der Waals surface area (Å²) in [6.45, 7) is 0. The van der Waals surface area contributed by atoms with Crippen LogP contribution >= 0.6 is 0 Å². The lowest BCUT2D eigenvalue weighted by molar-refractivity contribution is 0.467. The van der Waals surface area contributed by atoms with Crippen molar-refractivity contribution in [2.75, 3.05) is 0 Å². The fourth-order valence-electron chi connectivity index (χ4n) is 0.650. The molecule has 50 valence electrons. The number of hydrogen-bond acceptors (Lipinski definition) is 3. The number of pyridine rings is 1. The first kappa shape index (κ1) is 6.56. The Kier molecular flexibility index (Phi) is 1.86. The van der Waals surface area contributed by atoms with Crippen LogP contribution in [-0.2, 0) is 6.42 Å². The molecule has 0 aromatic carbocycles. The van der Waals surface area contributed by atoms with Crippen LogP contribution < -0.4 is 0 Å².